The van der Waals surface area contributed by atoms with E-state index in [0.717, 1.165) is 18.8 Å². The summed E-state index contributed by atoms with van der Waals surface area (Å²) in [6.07, 6.45) is 18.4. The van der Waals surface area contributed by atoms with Crippen molar-refractivity contribution in [2.45, 2.75) is 102 Å². The highest BCUT2D eigenvalue weighted by molar-refractivity contribution is 5.66. The third-order valence-corrected chi connectivity index (χ3v) is 5.12. The minimum absolute atomic E-state index is 0.341. The Hall–Kier alpha value is -0.570. The van der Waals surface area contributed by atoms with Gasteiger partial charge in [0.25, 0.3) is 0 Å². The van der Waals surface area contributed by atoms with Gasteiger partial charge in [0.2, 0.25) is 0 Å². The quantitative estimate of drug-likeness (QED) is 0.387. The molecule has 2 rings (SSSR count). The number of hydrogen-bond donors (Lipinski definition) is 1. The smallest absolute Gasteiger partial charge is 0.303 e. The molecule has 21 heavy (non-hydrogen) atoms. The number of carboxylic acid groups (broad SMARTS) is 1. The molecule has 3 heteroatoms. The molecule has 2 fully saturated rings. The van der Waals surface area contributed by atoms with Crippen LogP contribution in [-0.2, 0) is 9.53 Å². The summed E-state index contributed by atoms with van der Waals surface area (Å²) in [6.45, 7) is 0. The standard InChI is InChI=1S/C18H32O3/c19-17(20)12-10-8-6-4-2-1-3-5-7-9-11-15-13-14-16-18(15)21-16/h15-16,18H,1-14H2,(H,19,20)/t15-,16-,18-/m1/s1. The third kappa shape index (κ3) is 6.82. The van der Waals surface area contributed by atoms with Gasteiger partial charge in [0.05, 0.1) is 12.2 Å². The number of carboxylic acids is 1. The van der Waals surface area contributed by atoms with Crippen LogP contribution in [0, 0.1) is 5.92 Å². The van der Waals surface area contributed by atoms with E-state index in [1.807, 2.05) is 0 Å². The van der Waals surface area contributed by atoms with Crippen LogP contribution in [-0.4, -0.2) is 23.3 Å². The molecule has 3 atom stereocenters. The van der Waals surface area contributed by atoms with E-state index < -0.39 is 5.97 Å². The predicted molar refractivity (Wildman–Crippen MR) is 84.4 cm³/mol. The van der Waals surface area contributed by atoms with E-state index in [1.54, 1.807) is 0 Å². The van der Waals surface area contributed by atoms with Gasteiger partial charge in [0, 0.05) is 6.42 Å². The average Bonchev–Trinajstić information content (AvgIpc) is 3.14. The summed E-state index contributed by atoms with van der Waals surface area (Å²) in [5.41, 5.74) is 0. The summed E-state index contributed by atoms with van der Waals surface area (Å²) < 4.78 is 5.60. The minimum atomic E-state index is -0.656. The fraction of sp³-hybridized carbons (Fsp3) is 0.944. The van der Waals surface area contributed by atoms with Gasteiger partial charge in [-0.25, -0.2) is 0 Å². The van der Waals surface area contributed by atoms with Gasteiger partial charge >= 0.3 is 5.97 Å². The molecule has 1 N–H and O–H groups in total. The van der Waals surface area contributed by atoms with Crippen LogP contribution in [0.4, 0.5) is 0 Å². The monoisotopic (exact) mass is 296 g/mol. The van der Waals surface area contributed by atoms with Gasteiger partial charge in [-0.3, -0.25) is 4.79 Å². The number of ether oxygens (including phenoxy) is 1. The zero-order valence-corrected chi connectivity index (χ0v) is 13.4. The highest BCUT2D eigenvalue weighted by atomic mass is 16.6. The Kier molecular flexibility index (Phi) is 7.56. The Bertz CT molecular complexity index is 303. The van der Waals surface area contributed by atoms with E-state index in [9.17, 15) is 4.79 Å². The molecule has 0 aromatic rings. The van der Waals surface area contributed by atoms with E-state index >= 15 is 0 Å². The van der Waals surface area contributed by atoms with Crippen molar-refractivity contribution in [3.05, 3.63) is 0 Å². The molecule has 1 aliphatic heterocycles. The van der Waals surface area contributed by atoms with Crippen molar-refractivity contribution in [2.24, 2.45) is 5.92 Å². The first-order chi connectivity index (χ1) is 10.3. The predicted octanol–water partition coefficient (Wildman–Crippen LogP) is 4.93. The Morgan fingerprint density at radius 3 is 1.90 bits per heavy atom. The maximum absolute atomic E-state index is 10.4. The second kappa shape index (κ2) is 9.45. The maximum Gasteiger partial charge on any atom is 0.303 e. The molecule has 0 radical (unpaired) electrons. The molecular weight excluding hydrogens is 264 g/mol. The van der Waals surface area contributed by atoms with Crippen LogP contribution in [0.25, 0.3) is 0 Å². The first kappa shape index (κ1) is 16.8. The highest BCUT2D eigenvalue weighted by Crippen LogP contribution is 2.45. The number of rotatable bonds is 13. The number of aliphatic carboxylic acids is 1. The minimum Gasteiger partial charge on any atom is -0.481 e. The normalized spacial score (nSPS) is 26.8. The fourth-order valence-electron chi connectivity index (χ4n) is 3.75. The Morgan fingerprint density at radius 1 is 0.857 bits per heavy atom. The van der Waals surface area contributed by atoms with Crippen LogP contribution in [0.3, 0.4) is 0 Å². The summed E-state index contributed by atoms with van der Waals surface area (Å²) in [5, 5.41) is 8.54. The number of carbonyl (C=O) groups is 1. The number of hydrogen-bond acceptors (Lipinski definition) is 2. The number of epoxide rings is 1. The zero-order chi connectivity index (χ0) is 14.9. The van der Waals surface area contributed by atoms with Crippen molar-refractivity contribution in [3.8, 4) is 0 Å². The molecule has 0 bridgehead atoms. The van der Waals surface area contributed by atoms with Gasteiger partial charge in [-0.15, -0.1) is 0 Å². The van der Waals surface area contributed by atoms with E-state index in [2.05, 4.69) is 0 Å². The van der Waals surface area contributed by atoms with Crippen molar-refractivity contribution in [3.63, 3.8) is 0 Å². The van der Waals surface area contributed by atoms with Gasteiger partial charge in [-0.2, -0.15) is 0 Å². The van der Waals surface area contributed by atoms with Crippen molar-refractivity contribution in [1.29, 1.82) is 0 Å². The average molecular weight is 296 g/mol. The van der Waals surface area contributed by atoms with Crippen LogP contribution in [0.2, 0.25) is 0 Å². The van der Waals surface area contributed by atoms with Crippen LogP contribution in [0.5, 0.6) is 0 Å². The first-order valence-electron chi connectivity index (χ1n) is 9.14. The Labute approximate surface area is 129 Å². The van der Waals surface area contributed by atoms with E-state index in [-0.39, 0.29) is 0 Å². The molecule has 0 unspecified atom stereocenters. The van der Waals surface area contributed by atoms with Crippen molar-refractivity contribution >= 4 is 5.97 Å². The first-order valence-corrected chi connectivity index (χ1v) is 9.14. The fourth-order valence-corrected chi connectivity index (χ4v) is 3.75. The van der Waals surface area contributed by atoms with E-state index in [4.69, 9.17) is 9.84 Å². The lowest BCUT2D eigenvalue weighted by Crippen LogP contribution is -2.03. The number of fused-ring (bicyclic) bond motifs is 1. The topological polar surface area (TPSA) is 49.8 Å². The lowest BCUT2D eigenvalue weighted by Gasteiger charge is -2.09. The summed E-state index contributed by atoms with van der Waals surface area (Å²) >= 11 is 0. The molecule has 0 aromatic heterocycles. The molecule has 1 saturated carbocycles. The molecule has 2 aliphatic rings. The van der Waals surface area contributed by atoms with Crippen LogP contribution in [0.1, 0.15) is 89.9 Å². The number of unbranched alkanes of at least 4 members (excludes halogenated alkanes) is 9. The molecule has 0 amide bonds. The van der Waals surface area contributed by atoms with Crippen molar-refractivity contribution < 1.29 is 14.6 Å². The van der Waals surface area contributed by atoms with E-state index in [1.165, 1.54) is 70.6 Å². The largest absolute Gasteiger partial charge is 0.481 e. The van der Waals surface area contributed by atoms with Crippen LogP contribution >= 0.6 is 0 Å². The van der Waals surface area contributed by atoms with Gasteiger partial charge < -0.3 is 9.84 Å². The molecule has 1 aliphatic carbocycles. The molecular formula is C18H32O3. The highest BCUT2D eigenvalue weighted by Gasteiger charge is 2.49. The summed E-state index contributed by atoms with van der Waals surface area (Å²) in [4.78, 5) is 10.4. The van der Waals surface area contributed by atoms with E-state index in [0.29, 0.717) is 18.6 Å². The third-order valence-electron chi connectivity index (χ3n) is 5.12. The summed E-state index contributed by atoms with van der Waals surface area (Å²) in [6, 6.07) is 0. The molecule has 1 heterocycles. The summed E-state index contributed by atoms with van der Waals surface area (Å²) in [5.74, 6) is 0.233. The zero-order valence-electron chi connectivity index (χ0n) is 13.4. The molecule has 0 spiro atoms. The van der Waals surface area contributed by atoms with Gasteiger partial charge in [-0.05, 0) is 31.6 Å². The lowest BCUT2D eigenvalue weighted by molar-refractivity contribution is -0.137. The van der Waals surface area contributed by atoms with Gasteiger partial charge in [0.15, 0.2) is 0 Å². The van der Waals surface area contributed by atoms with Gasteiger partial charge in [0.1, 0.15) is 0 Å². The second-order valence-corrected chi connectivity index (χ2v) is 6.94. The SMILES string of the molecule is O=C(O)CCCCCCCCCCCC[C@@H]1CC[C@H]2O[C@H]12. The van der Waals surface area contributed by atoms with Crippen molar-refractivity contribution in [1.82, 2.24) is 0 Å². The molecule has 1 saturated heterocycles. The lowest BCUT2D eigenvalue weighted by atomic mass is 9.98. The van der Waals surface area contributed by atoms with Crippen LogP contribution in [0.15, 0.2) is 0 Å². The second-order valence-electron chi connectivity index (χ2n) is 6.94. The molecule has 3 nitrogen and oxygen atoms in total. The summed E-state index contributed by atoms with van der Waals surface area (Å²) in [7, 11) is 0. The Morgan fingerprint density at radius 2 is 1.43 bits per heavy atom. The van der Waals surface area contributed by atoms with Crippen LogP contribution < -0.4 is 0 Å². The van der Waals surface area contributed by atoms with Gasteiger partial charge in [-0.1, -0.05) is 57.8 Å². The van der Waals surface area contributed by atoms with Crippen molar-refractivity contribution in [2.75, 3.05) is 0 Å². The molecule has 122 valence electrons. The Balaban J connectivity index is 1.26. The maximum atomic E-state index is 10.4. The molecule has 0 aromatic carbocycles.